The molecule has 49 heavy (non-hydrogen) atoms. The number of halogens is 2. The van der Waals surface area contributed by atoms with Crippen LogP contribution in [0.4, 0.5) is 10.1 Å². The number of hydrogen-bond acceptors (Lipinski definition) is 5. The van der Waals surface area contributed by atoms with E-state index in [0.29, 0.717) is 35.1 Å². The number of azide groups is 1. The normalized spacial score (nSPS) is 15.3. The van der Waals surface area contributed by atoms with Crippen LogP contribution in [0, 0.1) is 33.5 Å². The van der Waals surface area contributed by atoms with Gasteiger partial charge in [0.15, 0.2) is 11.6 Å². The lowest BCUT2D eigenvalue weighted by molar-refractivity contribution is 0.0907. The number of likely N-dealkylation sites (tertiary alicyclic amines) is 2. The van der Waals surface area contributed by atoms with Crippen LogP contribution in [0.5, 0.6) is 0 Å². The predicted molar refractivity (Wildman–Crippen MR) is 194 cm³/mol. The van der Waals surface area contributed by atoms with Gasteiger partial charge in [0.05, 0.1) is 18.8 Å². The van der Waals surface area contributed by atoms with Crippen LogP contribution in [0.3, 0.4) is 0 Å². The highest BCUT2D eigenvalue weighted by atomic mass is 35.5. The number of nitrogens with zero attached hydrogens (tertiary/aromatic N) is 7. The van der Waals surface area contributed by atoms with Gasteiger partial charge < -0.3 is 9.13 Å². The van der Waals surface area contributed by atoms with Gasteiger partial charge in [-0.2, -0.15) is 0 Å². The molecule has 11 heteroatoms. The van der Waals surface area contributed by atoms with Crippen molar-refractivity contribution in [3.63, 3.8) is 0 Å². The predicted octanol–water partition coefficient (Wildman–Crippen LogP) is 9.26. The molecule has 0 bridgehead atoms. The number of ketones is 2. The highest BCUT2D eigenvalue weighted by Gasteiger charge is 2.22. The molecule has 2 aliphatic heterocycles. The number of aryl methyl sites for hydroxylation is 2. The van der Waals surface area contributed by atoms with Crippen molar-refractivity contribution in [2.45, 2.75) is 66.2 Å². The van der Waals surface area contributed by atoms with Crippen LogP contribution in [0.15, 0.2) is 59.7 Å². The Balaban J connectivity index is 0.000000191. The average molecular weight is 686 g/mol. The van der Waals surface area contributed by atoms with E-state index < -0.39 is 0 Å². The van der Waals surface area contributed by atoms with Crippen LogP contribution in [-0.2, 0) is 0 Å². The second kappa shape index (κ2) is 16.5. The molecule has 0 saturated carbocycles. The molecule has 2 saturated heterocycles. The van der Waals surface area contributed by atoms with Gasteiger partial charge in [0.2, 0.25) is 0 Å². The van der Waals surface area contributed by atoms with Crippen LogP contribution in [0.1, 0.15) is 82.0 Å². The molecule has 4 heterocycles. The number of piperidine rings is 2. The van der Waals surface area contributed by atoms with Crippen molar-refractivity contribution >= 4 is 28.9 Å². The van der Waals surface area contributed by atoms with Gasteiger partial charge in [-0.1, -0.05) is 41.7 Å². The topological polar surface area (TPSA) is 99.2 Å². The Morgan fingerprint density at radius 3 is 1.71 bits per heavy atom. The molecular weight excluding hydrogens is 641 g/mol. The largest absolute Gasteiger partial charge is 0.318 e. The smallest absolute Gasteiger partial charge is 0.178 e. The van der Waals surface area contributed by atoms with E-state index in [1.807, 2.05) is 52.0 Å². The molecule has 6 rings (SSSR count). The van der Waals surface area contributed by atoms with Gasteiger partial charge in [0, 0.05) is 55.2 Å². The molecule has 258 valence electrons. The summed E-state index contributed by atoms with van der Waals surface area (Å²) in [6, 6.07) is 15.8. The zero-order chi connectivity index (χ0) is 35.1. The third-order valence-corrected chi connectivity index (χ3v) is 9.75. The van der Waals surface area contributed by atoms with Crippen molar-refractivity contribution < 1.29 is 14.0 Å². The van der Waals surface area contributed by atoms with E-state index >= 15 is 0 Å². The lowest BCUT2D eigenvalue weighted by atomic mass is 10.1. The van der Waals surface area contributed by atoms with E-state index in [9.17, 15) is 14.0 Å². The summed E-state index contributed by atoms with van der Waals surface area (Å²) in [6.07, 6.45) is 7.19. The number of carbonyl (C=O) groups excluding carboxylic acids is 2. The first-order valence-electron chi connectivity index (χ1n) is 17.1. The average Bonchev–Trinajstić information content (AvgIpc) is 3.56. The van der Waals surface area contributed by atoms with Crippen molar-refractivity contribution in [3.8, 4) is 11.4 Å². The summed E-state index contributed by atoms with van der Waals surface area (Å²) >= 11 is 5.84. The Labute approximate surface area is 292 Å². The number of benzene rings is 2. The fraction of sp³-hybridized carbons (Fsp3) is 0.421. The summed E-state index contributed by atoms with van der Waals surface area (Å²) < 4.78 is 18.1. The second-order valence-corrected chi connectivity index (χ2v) is 13.5. The minimum atomic E-state index is -0.390. The van der Waals surface area contributed by atoms with Gasteiger partial charge >= 0.3 is 0 Å². The lowest BCUT2D eigenvalue weighted by Gasteiger charge is -2.25. The fourth-order valence-electron chi connectivity index (χ4n) is 7.05. The molecule has 0 unspecified atom stereocenters. The molecule has 2 fully saturated rings. The molecule has 0 atom stereocenters. The van der Waals surface area contributed by atoms with E-state index in [1.165, 1.54) is 31.7 Å². The van der Waals surface area contributed by atoms with E-state index in [-0.39, 0.29) is 17.4 Å². The summed E-state index contributed by atoms with van der Waals surface area (Å²) in [6.45, 7) is 12.7. The Hall–Kier alpha value is -4.21. The highest BCUT2D eigenvalue weighted by Crippen LogP contribution is 2.26. The number of rotatable bonds is 9. The van der Waals surface area contributed by atoms with Crippen molar-refractivity contribution in [1.82, 2.24) is 18.9 Å². The number of carbonyl (C=O) groups is 2. The Bertz CT molecular complexity index is 1840. The molecule has 2 aromatic carbocycles. The quantitative estimate of drug-likeness (QED) is 0.0759. The summed E-state index contributed by atoms with van der Waals surface area (Å²) in [5.41, 5.74) is 15.5. The molecule has 0 amide bonds. The Morgan fingerprint density at radius 2 is 1.22 bits per heavy atom. The maximum absolute atomic E-state index is 14.3. The monoisotopic (exact) mass is 685 g/mol. The van der Waals surface area contributed by atoms with Crippen LogP contribution in [-0.4, -0.2) is 69.8 Å². The van der Waals surface area contributed by atoms with Gasteiger partial charge in [-0.25, -0.2) is 4.39 Å². The molecule has 9 nitrogen and oxygen atoms in total. The number of Topliss-reactive ketones (excluding diaryl/α,β-unsaturated/α-hetero) is 2. The summed E-state index contributed by atoms with van der Waals surface area (Å²) in [4.78, 5) is 32.7. The van der Waals surface area contributed by atoms with E-state index in [0.717, 1.165) is 73.0 Å². The zero-order valence-electron chi connectivity index (χ0n) is 28.9. The Morgan fingerprint density at radius 1 is 0.735 bits per heavy atom. The van der Waals surface area contributed by atoms with E-state index in [4.69, 9.17) is 17.1 Å². The third-order valence-electron chi connectivity index (χ3n) is 9.51. The minimum Gasteiger partial charge on any atom is -0.318 e. The first-order chi connectivity index (χ1) is 23.6. The van der Waals surface area contributed by atoms with Gasteiger partial charge in [-0.15, -0.1) is 0 Å². The molecule has 2 aliphatic rings. The molecule has 0 spiro atoms. The van der Waals surface area contributed by atoms with E-state index in [2.05, 4.69) is 24.4 Å². The summed E-state index contributed by atoms with van der Waals surface area (Å²) in [5.74, 6) is -0.100. The van der Waals surface area contributed by atoms with Crippen molar-refractivity contribution in [2.24, 2.45) is 5.11 Å². The van der Waals surface area contributed by atoms with Crippen molar-refractivity contribution in [1.29, 1.82) is 0 Å². The van der Waals surface area contributed by atoms with E-state index in [1.54, 1.807) is 28.8 Å². The maximum atomic E-state index is 14.3. The van der Waals surface area contributed by atoms with Crippen LogP contribution >= 0.6 is 11.6 Å². The first-order valence-corrected chi connectivity index (χ1v) is 17.4. The standard InChI is InChI=1S/C19H22ClFN2O.C19H23N5O/c1-13-10-16(19(24)12-22-8-4-3-5-9-22)14(2)23(13)18-7-6-15(20)11-17(18)21;1-14-12-18(19(25)13-23-10-4-3-5-11-23)15(2)24(14)17-8-6-16(7-9-17)21-22-20/h6-7,10-11H,3-5,8-9,12H2,1-2H3;6-9,12H,3-5,10-11,13H2,1-2H3. The van der Waals surface area contributed by atoms with Gasteiger partial charge in [-0.3, -0.25) is 19.4 Å². The molecular formula is C38H45ClFN7O2. The second-order valence-electron chi connectivity index (χ2n) is 13.1. The van der Waals surface area contributed by atoms with Crippen molar-refractivity contribution in [3.05, 3.63) is 110 Å². The van der Waals surface area contributed by atoms with Gasteiger partial charge in [0.25, 0.3) is 0 Å². The SMILES string of the molecule is Cc1cc(C(=O)CN2CCCCC2)c(C)n1-c1ccc(Cl)cc1F.Cc1cc(C(=O)CN2CCCCC2)c(C)n1-c1ccc(N=[N+]=[N-])cc1. The lowest BCUT2D eigenvalue weighted by Crippen LogP contribution is -2.34. The molecule has 4 aromatic rings. The third kappa shape index (κ3) is 8.69. The van der Waals surface area contributed by atoms with Crippen molar-refractivity contribution in [2.75, 3.05) is 39.3 Å². The zero-order valence-corrected chi connectivity index (χ0v) is 29.6. The van der Waals surface area contributed by atoms with Gasteiger partial charge in [-0.05, 0) is 128 Å². The molecule has 0 N–H and O–H groups in total. The minimum absolute atomic E-state index is 0.102. The molecule has 0 radical (unpaired) electrons. The molecule has 0 aliphatic carbocycles. The summed E-state index contributed by atoms with van der Waals surface area (Å²) in [7, 11) is 0. The Kier molecular flexibility index (Phi) is 12.1. The maximum Gasteiger partial charge on any atom is 0.178 e. The van der Waals surface area contributed by atoms with Crippen LogP contribution in [0.25, 0.3) is 21.8 Å². The number of hydrogen-bond donors (Lipinski definition) is 0. The molecule has 2 aromatic heterocycles. The highest BCUT2D eigenvalue weighted by molar-refractivity contribution is 6.30. The van der Waals surface area contributed by atoms with Crippen LogP contribution in [0.2, 0.25) is 5.02 Å². The van der Waals surface area contributed by atoms with Crippen LogP contribution < -0.4 is 0 Å². The fourth-order valence-corrected chi connectivity index (χ4v) is 7.21. The van der Waals surface area contributed by atoms with Gasteiger partial charge in [0.1, 0.15) is 5.82 Å². The first kappa shape index (κ1) is 36.1. The number of aromatic nitrogens is 2. The summed E-state index contributed by atoms with van der Waals surface area (Å²) in [5, 5.41) is 3.96.